The molecule has 1 aliphatic carbocycles. The van der Waals surface area contributed by atoms with E-state index in [2.05, 4.69) is 21.2 Å². The Bertz CT molecular complexity index is 1010. The Morgan fingerprint density at radius 1 is 0.933 bits per heavy atom. The van der Waals surface area contributed by atoms with E-state index in [9.17, 15) is 9.59 Å². The lowest BCUT2D eigenvalue weighted by molar-refractivity contribution is -0.144. The Kier molecular flexibility index (Phi) is 6.77. The highest BCUT2D eigenvalue weighted by atomic mass is 79.9. The molecule has 0 amide bonds. The number of ether oxygens (including phenoxy) is 2. The SMILES string of the molecule is COC(=O)C1=C(Nc2ccc(C)cc2)C=C(C)[C@H](C(=O)OC)[C@@H]1c1ccc(Br)cc1. The van der Waals surface area contributed by atoms with E-state index in [1.54, 1.807) is 0 Å². The van der Waals surface area contributed by atoms with Gasteiger partial charge in [0.25, 0.3) is 0 Å². The van der Waals surface area contributed by atoms with Crippen LogP contribution in [0.2, 0.25) is 0 Å². The minimum atomic E-state index is -0.631. The molecule has 2 atom stereocenters. The van der Waals surface area contributed by atoms with Crippen LogP contribution in [0.3, 0.4) is 0 Å². The first-order valence-electron chi connectivity index (χ1n) is 9.53. The minimum Gasteiger partial charge on any atom is -0.469 e. The number of esters is 2. The van der Waals surface area contributed by atoms with E-state index in [0.717, 1.165) is 26.9 Å². The van der Waals surface area contributed by atoms with Crippen molar-refractivity contribution in [3.63, 3.8) is 0 Å². The van der Waals surface area contributed by atoms with Crippen LogP contribution in [-0.2, 0) is 19.1 Å². The summed E-state index contributed by atoms with van der Waals surface area (Å²) < 4.78 is 11.1. The van der Waals surface area contributed by atoms with Crippen LogP contribution >= 0.6 is 15.9 Å². The van der Waals surface area contributed by atoms with Gasteiger partial charge >= 0.3 is 11.9 Å². The molecule has 30 heavy (non-hydrogen) atoms. The number of anilines is 1. The Morgan fingerprint density at radius 2 is 1.57 bits per heavy atom. The van der Waals surface area contributed by atoms with Crippen LogP contribution in [0.25, 0.3) is 0 Å². The number of methoxy groups -OCH3 is 2. The zero-order valence-electron chi connectivity index (χ0n) is 17.4. The maximum absolute atomic E-state index is 12.9. The number of halogens is 1. The quantitative estimate of drug-likeness (QED) is 0.614. The molecule has 2 aromatic rings. The van der Waals surface area contributed by atoms with E-state index < -0.39 is 23.8 Å². The number of nitrogens with one attached hydrogen (secondary N) is 1. The predicted molar refractivity (Wildman–Crippen MR) is 120 cm³/mol. The molecule has 0 saturated heterocycles. The zero-order chi connectivity index (χ0) is 21.8. The summed E-state index contributed by atoms with van der Waals surface area (Å²) in [5.41, 5.74) is 4.60. The third-order valence-corrected chi connectivity index (χ3v) is 5.75. The van der Waals surface area contributed by atoms with Crippen LogP contribution in [0.1, 0.15) is 24.0 Å². The molecule has 0 spiro atoms. The van der Waals surface area contributed by atoms with Crippen LogP contribution in [0, 0.1) is 12.8 Å². The second-order valence-electron chi connectivity index (χ2n) is 7.23. The highest BCUT2D eigenvalue weighted by molar-refractivity contribution is 9.10. The summed E-state index contributed by atoms with van der Waals surface area (Å²) in [5, 5.41) is 3.33. The van der Waals surface area contributed by atoms with Crippen molar-refractivity contribution in [3.8, 4) is 0 Å². The van der Waals surface area contributed by atoms with E-state index in [1.807, 2.05) is 68.5 Å². The van der Waals surface area contributed by atoms with Crippen LogP contribution in [-0.4, -0.2) is 26.2 Å². The Labute approximate surface area is 184 Å². The maximum Gasteiger partial charge on any atom is 0.336 e. The molecule has 0 bridgehead atoms. The molecule has 156 valence electrons. The highest BCUT2D eigenvalue weighted by Gasteiger charge is 2.41. The summed E-state index contributed by atoms with van der Waals surface area (Å²) in [5.74, 6) is -2.06. The molecular weight excluding hydrogens is 446 g/mol. The third kappa shape index (κ3) is 4.49. The molecule has 0 radical (unpaired) electrons. The van der Waals surface area contributed by atoms with Crippen LogP contribution < -0.4 is 5.32 Å². The van der Waals surface area contributed by atoms with Crippen molar-refractivity contribution < 1.29 is 19.1 Å². The van der Waals surface area contributed by atoms with Gasteiger partial charge in [0.05, 0.1) is 25.7 Å². The van der Waals surface area contributed by atoms with Crippen molar-refractivity contribution in [1.29, 1.82) is 0 Å². The number of carbonyl (C=O) groups is 2. The number of hydrogen-bond acceptors (Lipinski definition) is 5. The van der Waals surface area contributed by atoms with Gasteiger partial charge in [-0.15, -0.1) is 0 Å². The number of allylic oxidation sites excluding steroid dienone is 1. The summed E-state index contributed by atoms with van der Waals surface area (Å²) in [6.45, 7) is 3.89. The molecule has 5 nitrogen and oxygen atoms in total. The number of hydrogen-bond donors (Lipinski definition) is 1. The fourth-order valence-corrected chi connectivity index (χ4v) is 3.98. The van der Waals surface area contributed by atoms with Gasteiger partial charge in [0.15, 0.2) is 0 Å². The summed E-state index contributed by atoms with van der Waals surface area (Å²) in [7, 11) is 2.70. The Balaban J connectivity index is 2.19. The summed E-state index contributed by atoms with van der Waals surface area (Å²) in [4.78, 5) is 25.6. The van der Waals surface area contributed by atoms with Gasteiger partial charge in [-0.05, 0) is 49.8 Å². The minimum absolute atomic E-state index is 0.390. The van der Waals surface area contributed by atoms with Crippen LogP contribution in [0.5, 0.6) is 0 Å². The molecule has 3 rings (SSSR count). The topological polar surface area (TPSA) is 64.6 Å². The van der Waals surface area contributed by atoms with E-state index in [4.69, 9.17) is 9.47 Å². The average molecular weight is 470 g/mol. The van der Waals surface area contributed by atoms with Crippen molar-refractivity contribution in [1.82, 2.24) is 0 Å². The molecule has 0 saturated carbocycles. The smallest absolute Gasteiger partial charge is 0.336 e. The van der Waals surface area contributed by atoms with E-state index >= 15 is 0 Å². The van der Waals surface area contributed by atoms with Gasteiger partial charge in [0.2, 0.25) is 0 Å². The first-order valence-corrected chi connectivity index (χ1v) is 10.3. The molecule has 0 fully saturated rings. The number of aryl methyl sites for hydroxylation is 1. The van der Waals surface area contributed by atoms with Crippen molar-refractivity contribution in [2.75, 3.05) is 19.5 Å². The van der Waals surface area contributed by atoms with Crippen molar-refractivity contribution in [2.24, 2.45) is 5.92 Å². The largest absolute Gasteiger partial charge is 0.469 e. The summed E-state index contributed by atoms with van der Waals surface area (Å²) in [6, 6.07) is 15.4. The number of rotatable bonds is 5. The second kappa shape index (κ2) is 9.30. The van der Waals surface area contributed by atoms with Gasteiger partial charge in [-0.2, -0.15) is 0 Å². The van der Waals surface area contributed by atoms with E-state index in [0.29, 0.717) is 11.3 Å². The first kappa shape index (κ1) is 21.8. The van der Waals surface area contributed by atoms with E-state index in [1.165, 1.54) is 14.2 Å². The first-order chi connectivity index (χ1) is 14.3. The van der Waals surface area contributed by atoms with Gasteiger partial charge in [0.1, 0.15) is 0 Å². The third-order valence-electron chi connectivity index (χ3n) is 5.22. The van der Waals surface area contributed by atoms with E-state index in [-0.39, 0.29) is 0 Å². The average Bonchev–Trinajstić information content (AvgIpc) is 2.74. The highest BCUT2D eigenvalue weighted by Crippen LogP contribution is 2.43. The van der Waals surface area contributed by atoms with Crippen LogP contribution in [0.4, 0.5) is 5.69 Å². The number of carbonyl (C=O) groups excluding carboxylic acids is 2. The lowest BCUT2D eigenvalue weighted by Gasteiger charge is -2.33. The van der Waals surface area contributed by atoms with Crippen molar-refractivity contribution >= 4 is 33.6 Å². The standard InChI is InChI=1S/C24H24BrNO4/c1-14-5-11-18(12-6-14)26-19-13-15(2)20(23(27)29-3)21(22(19)24(28)30-4)16-7-9-17(25)10-8-16/h5-13,20-21,26H,1-4H3/t20-,21-/m0/s1. The normalized spacial score (nSPS) is 18.5. The molecule has 0 aromatic heterocycles. The monoisotopic (exact) mass is 469 g/mol. The van der Waals surface area contributed by atoms with Gasteiger partial charge in [0, 0.05) is 21.8 Å². The molecule has 0 aliphatic heterocycles. The van der Waals surface area contributed by atoms with Gasteiger partial charge < -0.3 is 14.8 Å². The predicted octanol–water partition coefficient (Wildman–Crippen LogP) is 5.13. The maximum atomic E-state index is 12.9. The van der Waals surface area contributed by atoms with Gasteiger partial charge in [-0.25, -0.2) is 4.79 Å². The van der Waals surface area contributed by atoms with Gasteiger partial charge in [-0.1, -0.05) is 51.3 Å². The van der Waals surface area contributed by atoms with Crippen molar-refractivity contribution in [2.45, 2.75) is 19.8 Å². The fraction of sp³-hybridized carbons (Fsp3) is 0.250. The molecular formula is C24H24BrNO4. The summed E-state index contributed by atoms with van der Waals surface area (Å²) >= 11 is 3.44. The molecule has 0 unspecified atom stereocenters. The van der Waals surface area contributed by atoms with Crippen LogP contribution in [0.15, 0.2) is 75.9 Å². The fourth-order valence-electron chi connectivity index (χ4n) is 3.71. The molecule has 6 heteroatoms. The summed E-state index contributed by atoms with van der Waals surface area (Å²) in [6.07, 6.45) is 1.82. The lowest BCUT2D eigenvalue weighted by atomic mass is 9.73. The molecule has 1 aliphatic rings. The second-order valence-corrected chi connectivity index (χ2v) is 8.14. The molecule has 2 aromatic carbocycles. The Morgan fingerprint density at radius 3 is 2.13 bits per heavy atom. The van der Waals surface area contributed by atoms with Gasteiger partial charge in [-0.3, -0.25) is 4.79 Å². The lowest BCUT2D eigenvalue weighted by Crippen LogP contribution is -2.33. The number of benzene rings is 2. The zero-order valence-corrected chi connectivity index (χ0v) is 18.9. The molecule has 0 heterocycles. The molecule has 1 N–H and O–H groups in total. The van der Waals surface area contributed by atoms with Crippen molar-refractivity contribution in [3.05, 3.63) is 87.0 Å². The Hall–Kier alpha value is -2.86.